The highest BCUT2D eigenvalue weighted by Gasteiger charge is 2.60. The first-order chi connectivity index (χ1) is 12.9. The van der Waals surface area contributed by atoms with Crippen LogP contribution >= 0.6 is 0 Å². The minimum atomic E-state index is -2.06. The van der Waals surface area contributed by atoms with Crippen molar-refractivity contribution in [3.05, 3.63) is 40.4 Å². The molecule has 142 valence electrons. The van der Waals surface area contributed by atoms with Gasteiger partial charge in [-0.2, -0.15) is 0 Å². The lowest BCUT2D eigenvalue weighted by molar-refractivity contribution is -0.170. The molecule has 0 saturated heterocycles. The molecule has 8 nitrogen and oxygen atoms in total. The monoisotopic (exact) mass is 372 g/mol. The number of rotatable bonds is 5. The van der Waals surface area contributed by atoms with Crippen LogP contribution in [0.5, 0.6) is 0 Å². The van der Waals surface area contributed by atoms with Gasteiger partial charge in [-0.05, 0) is 32.9 Å². The maximum Gasteiger partial charge on any atom is 0.344 e. The Morgan fingerprint density at radius 2 is 1.74 bits per heavy atom. The molecule has 0 radical (unpaired) electrons. The van der Waals surface area contributed by atoms with E-state index in [1.165, 1.54) is 6.92 Å². The van der Waals surface area contributed by atoms with Crippen molar-refractivity contribution >= 4 is 28.6 Å². The standard InChI is InChI=1S/C19H20N2O6/c1-4-26-17(24)19(18(25)27-5-2)10-13(11(3)22)15-20-14-9-7-6-8-12(14)16(23)21(15)19/h6-9,13H,4-5,10H2,1-3H3. The number of benzene rings is 1. The predicted molar refractivity (Wildman–Crippen MR) is 95.3 cm³/mol. The van der Waals surface area contributed by atoms with Crippen LogP contribution in [0.4, 0.5) is 0 Å². The summed E-state index contributed by atoms with van der Waals surface area (Å²) in [6.07, 6.45) is -0.251. The Kier molecular flexibility index (Phi) is 4.82. The van der Waals surface area contributed by atoms with E-state index in [4.69, 9.17) is 9.47 Å². The molecular formula is C19H20N2O6. The van der Waals surface area contributed by atoms with E-state index in [1.807, 2.05) is 0 Å². The van der Waals surface area contributed by atoms with Gasteiger partial charge in [-0.3, -0.25) is 14.2 Å². The molecule has 1 aliphatic rings. The Bertz CT molecular complexity index is 975. The smallest absolute Gasteiger partial charge is 0.344 e. The van der Waals surface area contributed by atoms with E-state index in [1.54, 1.807) is 38.1 Å². The van der Waals surface area contributed by atoms with Crippen molar-refractivity contribution in [2.24, 2.45) is 0 Å². The molecule has 1 aromatic carbocycles. The van der Waals surface area contributed by atoms with Gasteiger partial charge in [-0.1, -0.05) is 12.1 Å². The predicted octanol–water partition coefficient (Wildman–Crippen LogP) is 1.29. The highest BCUT2D eigenvalue weighted by molar-refractivity contribution is 6.05. The number of para-hydroxylation sites is 1. The second kappa shape index (κ2) is 6.94. The second-order valence-corrected chi connectivity index (χ2v) is 6.30. The average Bonchev–Trinajstić information content (AvgIpc) is 2.99. The quantitative estimate of drug-likeness (QED) is 0.575. The molecule has 0 bridgehead atoms. The number of hydrogen-bond donors (Lipinski definition) is 0. The maximum absolute atomic E-state index is 13.2. The molecule has 8 heteroatoms. The first-order valence-corrected chi connectivity index (χ1v) is 8.75. The van der Waals surface area contributed by atoms with Crippen molar-refractivity contribution in [3.63, 3.8) is 0 Å². The van der Waals surface area contributed by atoms with Crippen molar-refractivity contribution in [2.45, 2.75) is 38.6 Å². The highest BCUT2D eigenvalue weighted by atomic mass is 16.6. The van der Waals surface area contributed by atoms with Crippen molar-refractivity contribution in [1.82, 2.24) is 9.55 Å². The third-order valence-corrected chi connectivity index (χ3v) is 4.71. The zero-order valence-electron chi connectivity index (χ0n) is 15.4. The lowest BCUT2D eigenvalue weighted by Gasteiger charge is -2.26. The van der Waals surface area contributed by atoms with Gasteiger partial charge in [-0.25, -0.2) is 14.6 Å². The third kappa shape index (κ3) is 2.72. The summed E-state index contributed by atoms with van der Waals surface area (Å²) in [4.78, 5) is 55.7. The summed E-state index contributed by atoms with van der Waals surface area (Å²) in [5.41, 5.74) is -2.25. The van der Waals surface area contributed by atoms with E-state index in [9.17, 15) is 19.2 Å². The van der Waals surface area contributed by atoms with Crippen LogP contribution < -0.4 is 5.56 Å². The fraction of sp³-hybridized carbons (Fsp3) is 0.421. The molecule has 0 fully saturated rings. The summed E-state index contributed by atoms with van der Waals surface area (Å²) in [6.45, 7) is 4.54. The topological polar surface area (TPSA) is 105 Å². The molecule has 1 aromatic heterocycles. The van der Waals surface area contributed by atoms with Gasteiger partial charge in [0.05, 0.1) is 30.0 Å². The van der Waals surface area contributed by atoms with Gasteiger partial charge < -0.3 is 9.47 Å². The molecule has 0 saturated carbocycles. The van der Waals surface area contributed by atoms with Crippen LogP contribution in [-0.4, -0.2) is 40.5 Å². The van der Waals surface area contributed by atoms with Crippen LogP contribution in [0.3, 0.4) is 0 Å². The fourth-order valence-corrected chi connectivity index (χ4v) is 3.49. The molecule has 0 aliphatic carbocycles. The van der Waals surface area contributed by atoms with Gasteiger partial charge in [-0.15, -0.1) is 0 Å². The SMILES string of the molecule is CCOC(=O)C1(C(=O)OCC)CC(C(C)=O)c2nc3ccccc3c(=O)n21. The Hall–Kier alpha value is -3.03. The van der Waals surface area contributed by atoms with Crippen LogP contribution in [0.1, 0.15) is 38.9 Å². The van der Waals surface area contributed by atoms with Crippen LogP contribution in [0, 0.1) is 0 Å². The number of aromatic nitrogens is 2. The molecule has 3 rings (SSSR count). The van der Waals surface area contributed by atoms with E-state index in [0.29, 0.717) is 5.52 Å². The van der Waals surface area contributed by atoms with E-state index in [-0.39, 0.29) is 36.6 Å². The van der Waals surface area contributed by atoms with Crippen molar-refractivity contribution in [2.75, 3.05) is 13.2 Å². The third-order valence-electron chi connectivity index (χ3n) is 4.71. The largest absolute Gasteiger partial charge is 0.464 e. The zero-order chi connectivity index (χ0) is 19.8. The highest BCUT2D eigenvalue weighted by Crippen LogP contribution is 2.41. The molecule has 0 N–H and O–H groups in total. The minimum absolute atomic E-state index is 0.00974. The maximum atomic E-state index is 13.2. The number of esters is 2. The summed E-state index contributed by atoms with van der Waals surface area (Å²) in [5.74, 6) is -2.97. The first-order valence-electron chi connectivity index (χ1n) is 8.75. The van der Waals surface area contributed by atoms with Crippen molar-refractivity contribution in [1.29, 1.82) is 0 Å². The van der Waals surface area contributed by atoms with Gasteiger partial charge >= 0.3 is 11.9 Å². The number of Topliss-reactive ketones (excluding diaryl/α,β-unsaturated/α-hetero) is 1. The molecule has 1 unspecified atom stereocenters. The molecule has 2 heterocycles. The molecule has 1 aliphatic heterocycles. The van der Waals surface area contributed by atoms with Gasteiger partial charge in [0.15, 0.2) is 0 Å². The van der Waals surface area contributed by atoms with Gasteiger partial charge in [0.2, 0.25) is 5.54 Å². The Labute approximate surface area is 155 Å². The summed E-state index contributed by atoms with van der Waals surface area (Å²) < 4.78 is 11.2. The lowest BCUT2D eigenvalue weighted by Crippen LogP contribution is -2.53. The summed E-state index contributed by atoms with van der Waals surface area (Å²) >= 11 is 0. The van der Waals surface area contributed by atoms with Crippen LogP contribution in [0.25, 0.3) is 10.9 Å². The normalized spacial score (nSPS) is 17.4. The number of nitrogens with zero attached hydrogens (tertiary/aromatic N) is 2. The fourth-order valence-electron chi connectivity index (χ4n) is 3.49. The van der Waals surface area contributed by atoms with E-state index in [0.717, 1.165) is 4.57 Å². The number of fused-ring (bicyclic) bond motifs is 2. The molecule has 0 amide bonds. The minimum Gasteiger partial charge on any atom is -0.464 e. The van der Waals surface area contributed by atoms with Crippen molar-refractivity contribution < 1.29 is 23.9 Å². The first kappa shape index (κ1) is 18.8. The van der Waals surface area contributed by atoms with Crippen LogP contribution in [0.2, 0.25) is 0 Å². The Balaban J connectivity index is 2.40. The number of hydrogen-bond acceptors (Lipinski definition) is 7. The number of carbonyl (C=O) groups is 3. The van der Waals surface area contributed by atoms with Gasteiger partial charge in [0, 0.05) is 6.42 Å². The molecule has 1 atom stereocenters. The molecule has 2 aromatic rings. The second-order valence-electron chi connectivity index (χ2n) is 6.30. The lowest BCUT2D eigenvalue weighted by atomic mass is 9.89. The molecule has 0 spiro atoms. The van der Waals surface area contributed by atoms with Gasteiger partial charge in [0.1, 0.15) is 11.6 Å². The zero-order valence-corrected chi connectivity index (χ0v) is 15.4. The summed E-state index contributed by atoms with van der Waals surface area (Å²) in [6, 6.07) is 6.57. The Morgan fingerprint density at radius 3 is 2.30 bits per heavy atom. The summed E-state index contributed by atoms with van der Waals surface area (Å²) in [5, 5.41) is 0.239. The van der Waals surface area contributed by atoms with Crippen LogP contribution in [0.15, 0.2) is 29.1 Å². The number of ether oxygens (including phenoxy) is 2. The number of ketones is 1. The van der Waals surface area contributed by atoms with Crippen LogP contribution in [-0.2, 0) is 29.4 Å². The molecule has 27 heavy (non-hydrogen) atoms. The van der Waals surface area contributed by atoms with E-state index >= 15 is 0 Å². The molecular weight excluding hydrogens is 352 g/mol. The average molecular weight is 372 g/mol. The number of carbonyl (C=O) groups excluding carboxylic acids is 3. The van der Waals surface area contributed by atoms with Gasteiger partial charge in [0.25, 0.3) is 5.56 Å². The van der Waals surface area contributed by atoms with E-state index < -0.39 is 29.0 Å². The summed E-state index contributed by atoms with van der Waals surface area (Å²) in [7, 11) is 0. The van der Waals surface area contributed by atoms with Crippen molar-refractivity contribution in [3.8, 4) is 0 Å². The Morgan fingerprint density at radius 1 is 1.15 bits per heavy atom. The van der Waals surface area contributed by atoms with E-state index in [2.05, 4.69) is 4.98 Å².